The van der Waals surface area contributed by atoms with Gasteiger partial charge in [0.25, 0.3) is 5.91 Å². The number of likely N-dealkylation sites (tertiary alicyclic amines) is 1. The molecule has 2 N–H and O–H groups in total. The molecule has 3 aromatic rings. The maximum atomic E-state index is 12.9. The number of piperidine rings is 1. The predicted molar refractivity (Wildman–Crippen MR) is 97.9 cm³/mol. The van der Waals surface area contributed by atoms with Gasteiger partial charge < -0.3 is 19.8 Å². The number of carbonyl (C=O) groups excluding carboxylic acids is 1. The number of nitrogens with zero attached hydrogens (tertiary/aromatic N) is 4. The van der Waals surface area contributed by atoms with Crippen molar-refractivity contribution in [2.24, 2.45) is 0 Å². The van der Waals surface area contributed by atoms with E-state index in [0.29, 0.717) is 30.2 Å². The van der Waals surface area contributed by atoms with Crippen LogP contribution in [0.15, 0.2) is 59.5 Å². The number of aromatic nitrogens is 3. The number of anilines is 1. The quantitative estimate of drug-likeness (QED) is 0.727. The Balaban J connectivity index is 1.45. The van der Waals surface area contributed by atoms with Crippen molar-refractivity contribution in [3.05, 3.63) is 60.6 Å². The molecule has 0 radical (unpaired) electrons. The summed E-state index contributed by atoms with van der Waals surface area (Å²) in [6, 6.07) is 10.9. The lowest BCUT2D eigenvalue weighted by molar-refractivity contribution is 0.0425. The largest absolute Gasteiger partial charge is 0.389 e. The van der Waals surface area contributed by atoms with Crippen LogP contribution in [0, 0.1) is 0 Å². The molecule has 0 saturated carbocycles. The second-order valence-corrected chi connectivity index (χ2v) is 6.37. The van der Waals surface area contributed by atoms with Crippen molar-refractivity contribution in [1.29, 1.82) is 0 Å². The molecule has 1 aliphatic heterocycles. The van der Waals surface area contributed by atoms with E-state index in [0.717, 1.165) is 5.56 Å². The standard InChI is InChI=1S/C19H19N5O3/c25-16-12-24(10-7-15(16)23-19-20-8-4-9-21-19)18(26)14-11-22-27-17(14)13-5-2-1-3-6-13/h1-6,8-9,11,15-16,25H,7,10,12H2,(H,20,21,23)/t15-,16-/m1/s1. The molecule has 1 aromatic carbocycles. The molecular weight excluding hydrogens is 346 g/mol. The molecule has 3 heterocycles. The minimum absolute atomic E-state index is 0.205. The van der Waals surface area contributed by atoms with Gasteiger partial charge in [0.2, 0.25) is 5.95 Å². The Kier molecular flexibility index (Phi) is 4.80. The van der Waals surface area contributed by atoms with Crippen LogP contribution in [0.2, 0.25) is 0 Å². The van der Waals surface area contributed by atoms with Crippen molar-refractivity contribution in [2.75, 3.05) is 18.4 Å². The number of nitrogens with one attached hydrogen (secondary N) is 1. The Morgan fingerprint density at radius 1 is 1.19 bits per heavy atom. The molecule has 138 valence electrons. The molecule has 8 heteroatoms. The van der Waals surface area contributed by atoms with E-state index in [-0.39, 0.29) is 18.5 Å². The fraction of sp³-hybridized carbons (Fsp3) is 0.263. The molecule has 1 saturated heterocycles. The van der Waals surface area contributed by atoms with Gasteiger partial charge in [0.15, 0.2) is 5.76 Å². The van der Waals surface area contributed by atoms with E-state index in [2.05, 4.69) is 20.4 Å². The van der Waals surface area contributed by atoms with Crippen LogP contribution in [-0.2, 0) is 0 Å². The van der Waals surface area contributed by atoms with Gasteiger partial charge in [-0.15, -0.1) is 0 Å². The van der Waals surface area contributed by atoms with Crippen LogP contribution >= 0.6 is 0 Å². The minimum atomic E-state index is -0.730. The fourth-order valence-corrected chi connectivity index (χ4v) is 3.18. The Labute approximate surface area is 155 Å². The molecule has 27 heavy (non-hydrogen) atoms. The monoisotopic (exact) mass is 365 g/mol. The van der Waals surface area contributed by atoms with Crippen molar-refractivity contribution in [3.8, 4) is 11.3 Å². The molecule has 0 aliphatic carbocycles. The van der Waals surface area contributed by atoms with Crippen molar-refractivity contribution in [1.82, 2.24) is 20.0 Å². The van der Waals surface area contributed by atoms with E-state index in [1.165, 1.54) is 6.20 Å². The Morgan fingerprint density at radius 2 is 1.96 bits per heavy atom. The van der Waals surface area contributed by atoms with Gasteiger partial charge in [-0.1, -0.05) is 35.5 Å². The highest BCUT2D eigenvalue weighted by molar-refractivity contribution is 5.99. The summed E-state index contributed by atoms with van der Waals surface area (Å²) in [5, 5.41) is 17.4. The lowest BCUT2D eigenvalue weighted by Crippen LogP contribution is -2.51. The van der Waals surface area contributed by atoms with Crippen LogP contribution in [0.5, 0.6) is 0 Å². The van der Waals surface area contributed by atoms with Gasteiger partial charge in [-0.25, -0.2) is 9.97 Å². The molecule has 4 rings (SSSR count). The number of aliphatic hydroxyl groups excluding tert-OH is 1. The lowest BCUT2D eigenvalue weighted by Gasteiger charge is -2.36. The molecule has 1 aliphatic rings. The first kappa shape index (κ1) is 17.2. The molecule has 1 fully saturated rings. The molecule has 2 atom stereocenters. The maximum absolute atomic E-state index is 12.9. The summed E-state index contributed by atoms with van der Waals surface area (Å²) < 4.78 is 5.30. The van der Waals surface area contributed by atoms with E-state index >= 15 is 0 Å². The van der Waals surface area contributed by atoms with Crippen LogP contribution < -0.4 is 5.32 Å². The van der Waals surface area contributed by atoms with Gasteiger partial charge in [-0.3, -0.25) is 4.79 Å². The third-order valence-corrected chi connectivity index (χ3v) is 4.59. The fourth-order valence-electron chi connectivity index (χ4n) is 3.18. The first-order chi connectivity index (χ1) is 13.2. The molecule has 0 spiro atoms. The summed E-state index contributed by atoms with van der Waals surface area (Å²) in [5.41, 5.74) is 1.18. The molecule has 0 unspecified atom stereocenters. The number of amides is 1. The molecule has 2 aromatic heterocycles. The third-order valence-electron chi connectivity index (χ3n) is 4.59. The number of rotatable bonds is 4. The maximum Gasteiger partial charge on any atom is 0.259 e. The zero-order chi connectivity index (χ0) is 18.6. The van der Waals surface area contributed by atoms with E-state index < -0.39 is 6.10 Å². The summed E-state index contributed by atoms with van der Waals surface area (Å²) in [6.45, 7) is 0.711. The van der Waals surface area contributed by atoms with E-state index in [1.807, 2.05) is 30.3 Å². The van der Waals surface area contributed by atoms with Crippen LogP contribution in [-0.4, -0.2) is 56.3 Å². The van der Waals surface area contributed by atoms with Gasteiger partial charge in [-0.2, -0.15) is 0 Å². The number of benzene rings is 1. The number of β-amino-alcohol motifs (C(OH)–C–C–N with tert-alkyl or cyclic N) is 1. The highest BCUT2D eigenvalue weighted by Crippen LogP contribution is 2.26. The van der Waals surface area contributed by atoms with Gasteiger partial charge in [0.1, 0.15) is 5.56 Å². The summed E-state index contributed by atoms with van der Waals surface area (Å²) >= 11 is 0. The SMILES string of the molecule is O=C(c1cnoc1-c1ccccc1)N1CC[C@@H](Nc2ncccn2)[C@H](O)C1. The Morgan fingerprint density at radius 3 is 2.70 bits per heavy atom. The minimum Gasteiger partial charge on any atom is -0.389 e. The molecular formula is C19H19N5O3. The van der Waals surface area contributed by atoms with Gasteiger partial charge >= 0.3 is 0 Å². The number of hydrogen-bond donors (Lipinski definition) is 2. The van der Waals surface area contributed by atoms with E-state index in [4.69, 9.17) is 4.52 Å². The second kappa shape index (κ2) is 7.55. The van der Waals surface area contributed by atoms with Gasteiger partial charge in [0, 0.05) is 31.0 Å². The second-order valence-electron chi connectivity index (χ2n) is 6.37. The van der Waals surface area contributed by atoms with Crippen molar-refractivity contribution >= 4 is 11.9 Å². The summed E-state index contributed by atoms with van der Waals surface area (Å²) in [4.78, 5) is 22.8. The summed E-state index contributed by atoms with van der Waals surface area (Å²) in [6.07, 6.45) is 4.55. The number of hydrogen-bond acceptors (Lipinski definition) is 7. The normalized spacial score (nSPS) is 19.7. The lowest BCUT2D eigenvalue weighted by atomic mass is 10.0. The predicted octanol–water partition coefficient (Wildman–Crippen LogP) is 1.82. The summed E-state index contributed by atoms with van der Waals surface area (Å²) in [5.74, 6) is 0.698. The number of aliphatic hydroxyl groups is 1. The van der Waals surface area contributed by atoms with Crippen LogP contribution in [0.4, 0.5) is 5.95 Å². The average molecular weight is 365 g/mol. The molecule has 0 bridgehead atoms. The highest BCUT2D eigenvalue weighted by Gasteiger charge is 2.32. The van der Waals surface area contributed by atoms with Gasteiger partial charge in [-0.05, 0) is 12.5 Å². The summed E-state index contributed by atoms with van der Waals surface area (Å²) in [7, 11) is 0. The van der Waals surface area contributed by atoms with Gasteiger partial charge in [0.05, 0.1) is 18.3 Å². The number of carbonyl (C=O) groups is 1. The smallest absolute Gasteiger partial charge is 0.259 e. The zero-order valence-corrected chi connectivity index (χ0v) is 14.5. The molecule has 1 amide bonds. The molecule has 8 nitrogen and oxygen atoms in total. The van der Waals surface area contributed by atoms with Crippen LogP contribution in [0.3, 0.4) is 0 Å². The topological polar surface area (TPSA) is 104 Å². The Hall–Kier alpha value is -3.26. The Bertz CT molecular complexity index is 900. The average Bonchev–Trinajstić information content (AvgIpc) is 3.20. The van der Waals surface area contributed by atoms with Crippen LogP contribution in [0.1, 0.15) is 16.8 Å². The van der Waals surface area contributed by atoms with E-state index in [1.54, 1.807) is 23.4 Å². The first-order valence-electron chi connectivity index (χ1n) is 8.73. The zero-order valence-electron chi connectivity index (χ0n) is 14.5. The first-order valence-corrected chi connectivity index (χ1v) is 8.73. The third kappa shape index (κ3) is 3.65. The van der Waals surface area contributed by atoms with Crippen molar-refractivity contribution in [3.63, 3.8) is 0 Å². The van der Waals surface area contributed by atoms with Crippen molar-refractivity contribution < 1.29 is 14.4 Å². The van der Waals surface area contributed by atoms with Crippen molar-refractivity contribution in [2.45, 2.75) is 18.6 Å². The van der Waals surface area contributed by atoms with E-state index in [9.17, 15) is 9.90 Å². The van der Waals surface area contributed by atoms with Crippen LogP contribution in [0.25, 0.3) is 11.3 Å². The highest BCUT2D eigenvalue weighted by atomic mass is 16.5.